The van der Waals surface area contributed by atoms with Gasteiger partial charge in [0.2, 0.25) is 5.95 Å². The van der Waals surface area contributed by atoms with Crippen LogP contribution in [0.1, 0.15) is 18.3 Å². The van der Waals surface area contributed by atoms with Crippen LogP contribution in [0.5, 0.6) is 0 Å². The van der Waals surface area contributed by atoms with Gasteiger partial charge < -0.3 is 15.0 Å². The van der Waals surface area contributed by atoms with E-state index in [9.17, 15) is 13.2 Å². The Labute approximate surface area is 163 Å². The van der Waals surface area contributed by atoms with E-state index in [1.807, 2.05) is 36.4 Å². The van der Waals surface area contributed by atoms with Crippen LogP contribution < -0.4 is 5.32 Å². The lowest BCUT2D eigenvalue weighted by Crippen LogP contribution is -2.21. The first kappa shape index (κ1) is 20.3. The monoisotopic (exact) mass is 409 g/mol. The highest BCUT2D eigenvalue weighted by atomic mass is 19.4. The highest BCUT2D eigenvalue weighted by Crippen LogP contribution is 2.32. The van der Waals surface area contributed by atoms with Crippen molar-refractivity contribution in [3.63, 3.8) is 0 Å². The standard InChI is InChI=1S/C15H17N7.C2HF3O2/c1-21-10-11(7-20-21)13-9-18-14-4-3-12(22(13)14)8-19-15-16-5-2-6-17-15;3-2(4,5)1(6)7/h2,5-7,9-10,12H,3-4,8H2,1H3,(H,16,17,19);(H,6,7). The average Bonchev–Trinajstić information content (AvgIpc) is 3.37. The summed E-state index contributed by atoms with van der Waals surface area (Å²) in [5, 5.41) is 14.7. The molecule has 1 aliphatic rings. The van der Waals surface area contributed by atoms with Crippen LogP contribution in [-0.2, 0) is 18.3 Å². The minimum Gasteiger partial charge on any atom is -0.475 e. The van der Waals surface area contributed by atoms with E-state index in [-0.39, 0.29) is 0 Å². The smallest absolute Gasteiger partial charge is 0.475 e. The summed E-state index contributed by atoms with van der Waals surface area (Å²) in [6.07, 6.45) is 6.33. The normalized spacial score (nSPS) is 15.4. The van der Waals surface area contributed by atoms with E-state index in [0.717, 1.165) is 36.5 Å². The van der Waals surface area contributed by atoms with E-state index in [4.69, 9.17) is 9.90 Å². The number of halogens is 3. The third kappa shape index (κ3) is 4.89. The van der Waals surface area contributed by atoms with E-state index >= 15 is 0 Å². The third-order valence-corrected chi connectivity index (χ3v) is 4.24. The molecule has 1 unspecified atom stereocenters. The van der Waals surface area contributed by atoms with Crippen molar-refractivity contribution in [3.05, 3.63) is 42.9 Å². The van der Waals surface area contributed by atoms with Gasteiger partial charge in [-0.05, 0) is 12.5 Å². The number of aryl methyl sites for hydroxylation is 2. The quantitative estimate of drug-likeness (QED) is 0.680. The van der Waals surface area contributed by atoms with Crippen molar-refractivity contribution < 1.29 is 23.1 Å². The summed E-state index contributed by atoms with van der Waals surface area (Å²) in [7, 11) is 1.93. The van der Waals surface area contributed by atoms with Crippen LogP contribution in [0.3, 0.4) is 0 Å². The van der Waals surface area contributed by atoms with Crippen LogP contribution in [0.15, 0.2) is 37.1 Å². The Morgan fingerprint density at radius 3 is 2.55 bits per heavy atom. The maximum atomic E-state index is 10.6. The van der Waals surface area contributed by atoms with Gasteiger partial charge in [0.1, 0.15) is 5.82 Å². The number of imidazole rings is 1. The number of fused-ring (bicyclic) bond motifs is 1. The molecule has 3 aromatic rings. The number of alkyl halides is 3. The van der Waals surface area contributed by atoms with Gasteiger partial charge in [-0.1, -0.05) is 0 Å². The molecule has 1 atom stereocenters. The largest absolute Gasteiger partial charge is 0.490 e. The molecule has 154 valence electrons. The Morgan fingerprint density at radius 2 is 1.97 bits per heavy atom. The number of carboxylic acids is 1. The van der Waals surface area contributed by atoms with Crippen molar-refractivity contribution in [2.45, 2.75) is 25.1 Å². The van der Waals surface area contributed by atoms with Crippen LogP contribution in [0.25, 0.3) is 11.3 Å². The van der Waals surface area contributed by atoms with Crippen LogP contribution in [0.2, 0.25) is 0 Å². The van der Waals surface area contributed by atoms with E-state index < -0.39 is 12.1 Å². The number of aliphatic carboxylic acids is 1. The molecule has 0 aromatic carbocycles. The summed E-state index contributed by atoms with van der Waals surface area (Å²) >= 11 is 0. The van der Waals surface area contributed by atoms with Gasteiger partial charge in [0, 0.05) is 44.2 Å². The van der Waals surface area contributed by atoms with Crippen molar-refractivity contribution in [2.75, 3.05) is 11.9 Å². The molecule has 4 rings (SSSR count). The molecule has 0 aliphatic carbocycles. The molecule has 0 saturated carbocycles. The Bertz CT molecular complexity index is 969. The number of rotatable bonds is 4. The number of hydrogen-bond donors (Lipinski definition) is 2. The molecule has 0 spiro atoms. The first-order valence-electron chi connectivity index (χ1n) is 8.62. The second-order valence-corrected chi connectivity index (χ2v) is 6.28. The maximum Gasteiger partial charge on any atom is 0.490 e. The zero-order valence-corrected chi connectivity index (χ0v) is 15.3. The highest BCUT2D eigenvalue weighted by molar-refractivity contribution is 5.73. The molecule has 3 aromatic heterocycles. The maximum absolute atomic E-state index is 10.6. The fourth-order valence-corrected chi connectivity index (χ4v) is 2.98. The van der Waals surface area contributed by atoms with Crippen molar-refractivity contribution in [1.82, 2.24) is 29.3 Å². The summed E-state index contributed by atoms with van der Waals surface area (Å²) in [6, 6.07) is 2.17. The lowest BCUT2D eigenvalue weighted by Gasteiger charge is -2.16. The first-order valence-corrected chi connectivity index (χ1v) is 8.62. The van der Waals surface area contributed by atoms with Gasteiger partial charge in [-0.15, -0.1) is 0 Å². The summed E-state index contributed by atoms with van der Waals surface area (Å²) < 4.78 is 35.9. The minimum atomic E-state index is -5.08. The molecule has 9 nitrogen and oxygen atoms in total. The van der Waals surface area contributed by atoms with E-state index in [1.165, 1.54) is 0 Å². The predicted octanol–water partition coefficient (Wildman–Crippen LogP) is 2.31. The molecule has 0 saturated heterocycles. The van der Waals surface area contributed by atoms with Crippen LogP contribution in [0, 0.1) is 0 Å². The fraction of sp³-hybridized carbons (Fsp3) is 0.353. The molecule has 1 aliphatic heterocycles. The summed E-state index contributed by atoms with van der Waals surface area (Å²) in [4.78, 5) is 21.9. The Morgan fingerprint density at radius 1 is 1.28 bits per heavy atom. The van der Waals surface area contributed by atoms with Gasteiger partial charge in [0.25, 0.3) is 0 Å². The molecular weight excluding hydrogens is 391 g/mol. The average molecular weight is 409 g/mol. The van der Waals surface area contributed by atoms with Crippen molar-refractivity contribution >= 4 is 11.9 Å². The zero-order valence-electron chi connectivity index (χ0n) is 15.3. The van der Waals surface area contributed by atoms with Crippen LogP contribution in [0.4, 0.5) is 19.1 Å². The van der Waals surface area contributed by atoms with Gasteiger partial charge in [-0.2, -0.15) is 18.3 Å². The Hall–Kier alpha value is -3.44. The Kier molecular flexibility index (Phi) is 5.80. The lowest BCUT2D eigenvalue weighted by molar-refractivity contribution is -0.192. The minimum absolute atomic E-state index is 0.358. The molecule has 2 N–H and O–H groups in total. The SMILES string of the molecule is Cn1cc(-c2cnc3n2C(CNc2ncccn2)CC3)cn1.O=C(O)C(F)(F)F. The number of anilines is 1. The highest BCUT2D eigenvalue weighted by Gasteiger charge is 2.38. The van der Waals surface area contributed by atoms with E-state index in [1.54, 1.807) is 12.4 Å². The molecule has 0 fully saturated rings. The number of nitrogens with zero attached hydrogens (tertiary/aromatic N) is 6. The predicted molar refractivity (Wildman–Crippen MR) is 96.0 cm³/mol. The van der Waals surface area contributed by atoms with Crippen molar-refractivity contribution in [3.8, 4) is 11.3 Å². The fourth-order valence-electron chi connectivity index (χ4n) is 2.98. The summed E-state index contributed by atoms with van der Waals surface area (Å²) in [5.74, 6) is -0.953. The van der Waals surface area contributed by atoms with Gasteiger partial charge in [-0.3, -0.25) is 4.68 Å². The molecule has 29 heavy (non-hydrogen) atoms. The topological polar surface area (TPSA) is 111 Å². The van der Waals surface area contributed by atoms with E-state index in [0.29, 0.717) is 12.0 Å². The molecule has 12 heteroatoms. The van der Waals surface area contributed by atoms with Gasteiger partial charge in [0.15, 0.2) is 0 Å². The number of hydrogen-bond acceptors (Lipinski definition) is 6. The van der Waals surface area contributed by atoms with Crippen molar-refractivity contribution in [1.29, 1.82) is 0 Å². The molecule has 4 heterocycles. The zero-order chi connectivity index (χ0) is 21.0. The van der Waals surface area contributed by atoms with Crippen LogP contribution >= 0.6 is 0 Å². The van der Waals surface area contributed by atoms with Gasteiger partial charge in [-0.25, -0.2) is 19.7 Å². The molecule has 0 bridgehead atoms. The second-order valence-electron chi connectivity index (χ2n) is 6.28. The summed E-state index contributed by atoms with van der Waals surface area (Å²) in [6.45, 7) is 0.792. The molecule has 0 radical (unpaired) electrons. The Balaban J connectivity index is 0.000000298. The first-order chi connectivity index (χ1) is 13.8. The molecule has 0 amide bonds. The number of carboxylic acid groups (broad SMARTS) is 1. The van der Waals surface area contributed by atoms with Gasteiger partial charge >= 0.3 is 12.1 Å². The van der Waals surface area contributed by atoms with Crippen LogP contribution in [-0.4, -0.2) is 53.1 Å². The van der Waals surface area contributed by atoms with Crippen molar-refractivity contribution in [2.24, 2.45) is 7.05 Å². The van der Waals surface area contributed by atoms with E-state index in [2.05, 4.69) is 29.9 Å². The number of aromatic nitrogens is 6. The lowest BCUT2D eigenvalue weighted by atomic mass is 10.2. The number of nitrogens with one attached hydrogen (secondary N) is 1. The van der Waals surface area contributed by atoms with Gasteiger partial charge in [0.05, 0.1) is 24.1 Å². The summed E-state index contributed by atoms with van der Waals surface area (Å²) in [5.41, 5.74) is 2.23. The number of carbonyl (C=O) groups is 1. The second kappa shape index (κ2) is 8.29. The third-order valence-electron chi connectivity index (χ3n) is 4.24. The molecular formula is C17H18F3N7O2.